The minimum Gasteiger partial charge on any atom is -0.487 e. The number of nitrogens with zero attached hydrogens (tertiary/aromatic N) is 2. The van der Waals surface area contributed by atoms with Gasteiger partial charge in [0, 0.05) is 19.0 Å². The third-order valence-electron chi connectivity index (χ3n) is 5.99. The number of halogens is 1. The smallest absolute Gasteiger partial charge is 0.220 e. The van der Waals surface area contributed by atoms with Crippen LogP contribution in [0.1, 0.15) is 50.5 Å². The Labute approximate surface area is 160 Å². The third-order valence-corrected chi connectivity index (χ3v) is 5.99. The zero-order valence-corrected chi connectivity index (χ0v) is 15.7. The molecule has 146 valence electrons. The standard InChI is InChI=1S/C21H28FN3O2/c22-19-13-16(14-23)3-6-20(19)27-18-8-11-25(12-9-18)10-7-15-1-4-17(5-2-15)21(24)26/h3,6,13,15,17-18H,1-2,4-5,7-12H2,(H2,24,26). The Hall–Kier alpha value is -2.13. The monoisotopic (exact) mass is 373 g/mol. The van der Waals surface area contributed by atoms with Gasteiger partial charge in [0.15, 0.2) is 11.6 Å². The first kappa shape index (κ1) is 19.6. The predicted molar refractivity (Wildman–Crippen MR) is 100 cm³/mol. The van der Waals surface area contributed by atoms with Crippen molar-refractivity contribution in [3.8, 4) is 11.8 Å². The number of carbonyl (C=O) groups excluding carboxylic acids is 1. The minimum atomic E-state index is -0.469. The Balaban J connectivity index is 1.37. The molecule has 1 saturated heterocycles. The van der Waals surface area contributed by atoms with Crippen molar-refractivity contribution in [3.05, 3.63) is 29.6 Å². The summed E-state index contributed by atoms with van der Waals surface area (Å²) in [5, 5.41) is 8.80. The van der Waals surface area contributed by atoms with Crippen LogP contribution in [0, 0.1) is 29.0 Å². The van der Waals surface area contributed by atoms with E-state index in [1.807, 2.05) is 6.07 Å². The van der Waals surface area contributed by atoms with Crippen LogP contribution in [0.5, 0.6) is 5.75 Å². The van der Waals surface area contributed by atoms with Crippen molar-refractivity contribution < 1.29 is 13.9 Å². The number of rotatable bonds is 6. The van der Waals surface area contributed by atoms with Gasteiger partial charge in [-0.15, -0.1) is 0 Å². The summed E-state index contributed by atoms with van der Waals surface area (Å²) in [5.41, 5.74) is 5.70. The van der Waals surface area contributed by atoms with Crippen molar-refractivity contribution in [2.75, 3.05) is 19.6 Å². The maximum absolute atomic E-state index is 14.0. The van der Waals surface area contributed by atoms with Crippen LogP contribution in [0.15, 0.2) is 18.2 Å². The summed E-state index contributed by atoms with van der Waals surface area (Å²) in [6, 6.07) is 6.28. The molecule has 1 aromatic carbocycles. The van der Waals surface area contributed by atoms with E-state index in [0.717, 1.165) is 58.2 Å². The van der Waals surface area contributed by atoms with Crippen LogP contribution < -0.4 is 10.5 Å². The number of amides is 1. The van der Waals surface area contributed by atoms with Crippen LogP contribution in [0.3, 0.4) is 0 Å². The Kier molecular flexibility index (Phi) is 6.68. The zero-order chi connectivity index (χ0) is 19.2. The van der Waals surface area contributed by atoms with Crippen molar-refractivity contribution in [3.63, 3.8) is 0 Å². The number of benzene rings is 1. The number of hydrogen-bond donors (Lipinski definition) is 1. The lowest BCUT2D eigenvalue weighted by Gasteiger charge is -2.34. The molecule has 1 aliphatic heterocycles. The molecule has 0 aromatic heterocycles. The topological polar surface area (TPSA) is 79.3 Å². The third kappa shape index (κ3) is 5.43. The molecule has 1 amide bonds. The number of primary amides is 1. The summed E-state index contributed by atoms with van der Waals surface area (Å²) < 4.78 is 19.8. The van der Waals surface area contributed by atoms with Gasteiger partial charge in [-0.05, 0) is 75.6 Å². The first-order chi connectivity index (χ1) is 13.0. The second-order valence-corrected chi connectivity index (χ2v) is 7.82. The van der Waals surface area contributed by atoms with E-state index in [0.29, 0.717) is 11.5 Å². The van der Waals surface area contributed by atoms with Crippen molar-refractivity contribution in [1.82, 2.24) is 4.90 Å². The Bertz CT molecular complexity index is 687. The van der Waals surface area contributed by atoms with Crippen LogP contribution in [-0.2, 0) is 4.79 Å². The summed E-state index contributed by atoms with van der Waals surface area (Å²) in [4.78, 5) is 13.7. The molecule has 2 fully saturated rings. The quantitative estimate of drug-likeness (QED) is 0.830. The highest BCUT2D eigenvalue weighted by atomic mass is 19.1. The summed E-state index contributed by atoms with van der Waals surface area (Å²) in [6.45, 7) is 2.99. The van der Waals surface area contributed by atoms with Gasteiger partial charge in [-0.2, -0.15) is 5.26 Å². The Morgan fingerprint density at radius 2 is 1.93 bits per heavy atom. The fourth-order valence-electron chi connectivity index (χ4n) is 4.20. The number of nitrogens with two attached hydrogens (primary N) is 1. The molecule has 2 aliphatic rings. The number of nitriles is 1. The SMILES string of the molecule is N#Cc1ccc(OC2CCN(CCC3CCC(C(N)=O)CC3)CC2)c(F)c1. The normalized spacial score (nSPS) is 24.3. The van der Waals surface area contributed by atoms with Gasteiger partial charge in [-0.3, -0.25) is 4.79 Å². The maximum Gasteiger partial charge on any atom is 0.220 e. The van der Waals surface area contributed by atoms with E-state index in [4.69, 9.17) is 15.7 Å². The second kappa shape index (κ2) is 9.18. The van der Waals surface area contributed by atoms with E-state index in [9.17, 15) is 9.18 Å². The molecule has 1 aliphatic carbocycles. The molecule has 27 heavy (non-hydrogen) atoms. The van der Waals surface area contributed by atoms with Crippen molar-refractivity contribution in [1.29, 1.82) is 5.26 Å². The highest BCUT2D eigenvalue weighted by Gasteiger charge is 2.26. The van der Waals surface area contributed by atoms with Crippen molar-refractivity contribution in [2.24, 2.45) is 17.6 Å². The van der Waals surface area contributed by atoms with E-state index in [-0.39, 0.29) is 23.7 Å². The first-order valence-corrected chi connectivity index (χ1v) is 9.93. The molecule has 0 atom stereocenters. The van der Waals surface area contributed by atoms with E-state index in [2.05, 4.69) is 4.90 Å². The lowest BCUT2D eigenvalue weighted by molar-refractivity contribution is -0.123. The summed E-state index contributed by atoms with van der Waals surface area (Å²) in [7, 11) is 0. The Morgan fingerprint density at radius 3 is 2.52 bits per heavy atom. The fourth-order valence-corrected chi connectivity index (χ4v) is 4.20. The molecular weight excluding hydrogens is 345 g/mol. The molecule has 0 unspecified atom stereocenters. The number of carbonyl (C=O) groups is 1. The van der Waals surface area contributed by atoms with Gasteiger partial charge in [0.05, 0.1) is 11.6 Å². The fraction of sp³-hybridized carbons (Fsp3) is 0.619. The van der Waals surface area contributed by atoms with E-state index >= 15 is 0 Å². The second-order valence-electron chi connectivity index (χ2n) is 7.82. The zero-order valence-electron chi connectivity index (χ0n) is 15.7. The maximum atomic E-state index is 14.0. The van der Waals surface area contributed by atoms with Crippen LogP contribution >= 0.6 is 0 Å². The number of likely N-dealkylation sites (tertiary alicyclic amines) is 1. The van der Waals surface area contributed by atoms with Gasteiger partial charge in [-0.25, -0.2) is 4.39 Å². The average Bonchev–Trinajstić information content (AvgIpc) is 2.69. The van der Waals surface area contributed by atoms with E-state index in [1.165, 1.54) is 12.5 Å². The van der Waals surface area contributed by atoms with Crippen molar-refractivity contribution >= 4 is 5.91 Å². The molecule has 1 aromatic rings. The number of hydrogen-bond acceptors (Lipinski definition) is 4. The van der Waals surface area contributed by atoms with Gasteiger partial charge in [0.25, 0.3) is 0 Å². The predicted octanol–water partition coefficient (Wildman–Crippen LogP) is 3.22. The molecule has 0 bridgehead atoms. The van der Waals surface area contributed by atoms with Crippen LogP contribution in [-0.4, -0.2) is 36.5 Å². The molecule has 2 N–H and O–H groups in total. The number of piperidine rings is 1. The molecule has 0 radical (unpaired) electrons. The Morgan fingerprint density at radius 1 is 1.22 bits per heavy atom. The lowest BCUT2D eigenvalue weighted by atomic mass is 9.80. The first-order valence-electron chi connectivity index (χ1n) is 9.93. The molecule has 1 heterocycles. The summed E-state index contributed by atoms with van der Waals surface area (Å²) in [5.74, 6) is 0.398. The minimum absolute atomic E-state index is 0.0229. The summed E-state index contributed by atoms with van der Waals surface area (Å²) >= 11 is 0. The number of ether oxygens (including phenoxy) is 1. The molecule has 5 nitrogen and oxygen atoms in total. The van der Waals surface area contributed by atoms with Crippen LogP contribution in [0.25, 0.3) is 0 Å². The van der Waals surface area contributed by atoms with Crippen LogP contribution in [0.4, 0.5) is 4.39 Å². The molecule has 1 saturated carbocycles. The van der Waals surface area contributed by atoms with E-state index in [1.54, 1.807) is 12.1 Å². The van der Waals surface area contributed by atoms with Gasteiger partial charge in [0.2, 0.25) is 5.91 Å². The lowest BCUT2D eigenvalue weighted by Crippen LogP contribution is -2.39. The van der Waals surface area contributed by atoms with Crippen molar-refractivity contribution in [2.45, 2.75) is 51.0 Å². The van der Waals surface area contributed by atoms with Gasteiger partial charge < -0.3 is 15.4 Å². The molecular formula is C21H28FN3O2. The van der Waals surface area contributed by atoms with Gasteiger partial charge in [0.1, 0.15) is 6.10 Å². The average molecular weight is 373 g/mol. The highest BCUT2D eigenvalue weighted by Crippen LogP contribution is 2.31. The highest BCUT2D eigenvalue weighted by molar-refractivity contribution is 5.76. The van der Waals surface area contributed by atoms with Gasteiger partial charge >= 0.3 is 0 Å². The van der Waals surface area contributed by atoms with Gasteiger partial charge in [-0.1, -0.05) is 0 Å². The molecule has 0 spiro atoms. The van der Waals surface area contributed by atoms with Crippen LogP contribution in [0.2, 0.25) is 0 Å². The van der Waals surface area contributed by atoms with E-state index < -0.39 is 5.82 Å². The largest absolute Gasteiger partial charge is 0.487 e. The molecule has 6 heteroatoms. The summed E-state index contributed by atoms with van der Waals surface area (Å²) in [6.07, 6.45) is 7.03. The molecule has 3 rings (SSSR count).